The first-order chi connectivity index (χ1) is 9.54. The number of hydrogen-bond acceptors (Lipinski definition) is 3. The first-order valence-corrected chi connectivity index (χ1v) is 5.53. The highest BCUT2D eigenvalue weighted by molar-refractivity contribution is 5.85. The number of carboxylic acids is 1. The minimum atomic E-state index is -1.10. The van der Waals surface area contributed by atoms with Gasteiger partial charge >= 0.3 is 5.97 Å². The normalized spacial score (nSPS) is 10.7. The van der Waals surface area contributed by atoms with Gasteiger partial charge in [-0.15, -0.1) is 0 Å². The van der Waals surface area contributed by atoms with Gasteiger partial charge in [-0.2, -0.15) is 0 Å². The Morgan fingerprint density at radius 3 is 2.80 bits per heavy atom. The van der Waals surface area contributed by atoms with Crippen molar-refractivity contribution in [3.05, 3.63) is 59.9 Å². The number of ether oxygens (including phenoxy) is 1. The molecule has 0 spiro atoms. The molecule has 1 aromatic carbocycles. The molecule has 0 saturated carbocycles. The summed E-state index contributed by atoms with van der Waals surface area (Å²) in [7, 11) is 0. The van der Waals surface area contributed by atoms with Crippen LogP contribution in [0.5, 0.6) is 11.5 Å². The molecule has 2 aromatic rings. The zero-order valence-corrected chi connectivity index (χ0v) is 10.1. The van der Waals surface area contributed by atoms with Crippen molar-refractivity contribution in [2.24, 2.45) is 0 Å². The van der Waals surface area contributed by atoms with Gasteiger partial charge in [0.25, 0.3) is 0 Å². The standard InChI is InChI=1S/C14H9F2NO3/c15-10-2-3-12(16)13(6-10)20-11-5-9(7-17-8-11)1-4-14(18)19/h1-8H,(H,18,19)/b4-1+. The van der Waals surface area contributed by atoms with Gasteiger partial charge in [0.1, 0.15) is 11.6 Å². The van der Waals surface area contributed by atoms with Crippen molar-refractivity contribution < 1.29 is 23.4 Å². The third-order valence-electron chi connectivity index (χ3n) is 2.27. The van der Waals surface area contributed by atoms with Crippen molar-refractivity contribution in [2.45, 2.75) is 0 Å². The maximum Gasteiger partial charge on any atom is 0.328 e. The quantitative estimate of drug-likeness (QED) is 0.871. The van der Waals surface area contributed by atoms with Gasteiger partial charge in [-0.3, -0.25) is 4.98 Å². The Morgan fingerprint density at radius 2 is 2.05 bits per heavy atom. The van der Waals surface area contributed by atoms with E-state index < -0.39 is 17.6 Å². The van der Waals surface area contributed by atoms with Crippen LogP contribution >= 0.6 is 0 Å². The van der Waals surface area contributed by atoms with Crippen LogP contribution in [-0.2, 0) is 4.79 Å². The van der Waals surface area contributed by atoms with Crippen molar-refractivity contribution in [2.75, 3.05) is 0 Å². The van der Waals surface area contributed by atoms with Crippen LogP contribution in [-0.4, -0.2) is 16.1 Å². The number of nitrogens with zero attached hydrogens (tertiary/aromatic N) is 1. The second-order valence-corrected chi connectivity index (χ2v) is 3.80. The lowest BCUT2D eigenvalue weighted by atomic mass is 10.2. The van der Waals surface area contributed by atoms with E-state index in [1.807, 2.05) is 0 Å². The van der Waals surface area contributed by atoms with Crippen molar-refractivity contribution in [3.8, 4) is 11.5 Å². The molecule has 2 rings (SSSR count). The molecule has 0 bridgehead atoms. The molecule has 102 valence electrons. The molecule has 0 unspecified atom stereocenters. The van der Waals surface area contributed by atoms with E-state index in [0.717, 1.165) is 24.3 Å². The molecule has 0 atom stereocenters. The van der Waals surface area contributed by atoms with E-state index in [1.54, 1.807) is 0 Å². The van der Waals surface area contributed by atoms with Gasteiger partial charge < -0.3 is 9.84 Å². The van der Waals surface area contributed by atoms with Gasteiger partial charge in [-0.1, -0.05) is 0 Å². The third kappa shape index (κ3) is 3.61. The van der Waals surface area contributed by atoms with Crippen molar-refractivity contribution in [1.29, 1.82) is 0 Å². The summed E-state index contributed by atoms with van der Waals surface area (Å²) in [5.74, 6) is -2.55. The summed E-state index contributed by atoms with van der Waals surface area (Å²) in [5.41, 5.74) is 0.460. The largest absolute Gasteiger partial charge is 0.478 e. The molecule has 6 heteroatoms. The van der Waals surface area contributed by atoms with Crippen LogP contribution in [0.3, 0.4) is 0 Å². The summed E-state index contributed by atoms with van der Waals surface area (Å²) in [6, 6.07) is 4.30. The third-order valence-corrected chi connectivity index (χ3v) is 2.27. The Morgan fingerprint density at radius 1 is 1.25 bits per heavy atom. The lowest BCUT2D eigenvalue weighted by Crippen LogP contribution is -1.91. The summed E-state index contributed by atoms with van der Waals surface area (Å²) < 4.78 is 31.6. The van der Waals surface area contributed by atoms with Crippen LogP contribution in [0.4, 0.5) is 8.78 Å². The average Bonchev–Trinajstić information content (AvgIpc) is 2.41. The van der Waals surface area contributed by atoms with E-state index in [1.165, 1.54) is 24.5 Å². The van der Waals surface area contributed by atoms with Crippen molar-refractivity contribution in [1.82, 2.24) is 4.98 Å². The highest BCUT2D eigenvalue weighted by Gasteiger charge is 2.07. The zero-order valence-electron chi connectivity index (χ0n) is 10.1. The maximum atomic E-state index is 13.4. The molecule has 20 heavy (non-hydrogen) atoms. The van der Waals surface area contributed by atoms with Crippen LogP contribution in [0.15, 0.2) is 42.7 Å². The predicted molar refractivity (Wildman–Crippen MR) is 67.3 cm³/mol. The molecule has 1 N–H and O–H groups in total. The number of halogens is 2. The summed E-state index contributed by atoms with van der Waals surface area (Å²) in [6.07, 6.45) is 4.96. The zero-order chi connectivity index (χ0) is 14.5. The van der Waals surface area contributed by atoms with E-state index in [2.05, 4.69) is 4.98 Å². The Hall–Kier alpha value is -2.76. The van der Waals surface area contributed by atoms with Crippen LogP contribution in [0.1, 0.15) is 5.56 Å². The van der Waals surface area contributed by atoms with E-state index >= 15 is 0 Å². The van der Waals surface area contributed by atoms with Gasteiger partial charge in [0, 0.05) is 18.3 Å². The molecule has 1 aromatic heterocycles. The fraction of sp³-hybridized carbons (Fsp3) is 0. The fourth-order valence-corrected chi connectivity index (χ4v) is 1.43. The predicted octanol–water partition coefficient (Wildman–Crippen LogP) is 3.25. The summed E-state index contributed by atoms with van der Waals surface area (Å²) >= 11 is 0. The summed E-state index contributed by atoms with van der Waals surface area (Å²) in [5, 5.41) is 8.52. The Balaban J connectivity index is 2.23. The number of aromatic nitrogens is 1. The minimum absolute atomic E-state index is 0.169. The number of hydrogen-bond donors (Lipinski definition) is 1. The topological polar surface area (TPSA) is 59.4 Å². The highest BCUT2D eigenvalue weighted by atomic mass is 19.1. The molecule has 0 aliphatic carbocycles. The Bertz CT molecular complexity index is 671. The molecule has 0 aliphatic rings. The fourth-order valence-electron chi connectivity index (χ4n) is 1.43. The van der Waals surface area contributed by atoms with E-state index in [-0.39, 0.29) is 11.5 Å². The van der Waals surface area contributed by atoms with Crippen LogP contribution in [0.25, 0.3) is 6.08 Å². The van der Waals surface area contributed by atoms with Gasteiger partial charge in [-0.25, -0.2) is 13.6 Å². The number of pyridine rings is 1. The lowest BCUT2D eigenvalue weighted by molar-refractivity contribution is -0.131. The molecule has 0 aliphatic heterocycles. The molecular weight excluding hydrogens is 268 g/mol. The minimum Gasteiger partial charge on any atom is -0.478 e. The molecular formula is C14H9F2NO3. The molecule has 0 saturated heterocycles. The molecule has 0 radical (unpaired) electrons. The molecule has 0 amide bonds. The van der Waals surface area contributed by atoms with Gasteiger partial charge in [-0.05, 0) is 29.8 Å². The molecule has 0 fully saturated rings. The average molecular weight is 277 g/mol. The van der Waals surface area contributed by atoms with E-state index in [4.69, 9.17) is 9.84 Å². The Kier molecular flexibility index (Phi) is 4.05. The smallest absolute Gasteiger partial charge is 0.328 e. The number of benzene rings is 1. The molecule has 4 nitrogen and oxygen atoms in total. The number of carbonyl (C=O) groups is 1. The maximum absolute atomic E-state index is 13.4. The van der Waals surface area contributed by atoms with Crippen LogP contribution in [0, 0.1) is 11.6 Å². The van der Waals surface area contributed by atoms with Crippen molar-refractivity contribution in [3.63, 3.8) is 0 Å². The monoisotopic (exact) mass is 277 g/mol. The van der Waals surface area contributed by atoms with Crippen LogP contribution < -0.4 is 4.74 Å². The van der Waals surface area contributed by atoms with Gasteiger partial charge in [0.15, 0.2) is 11.6 Å². The summed E-state index contributed by atoms with van der Waals surface area (Å²) in [4.78, 5) is 14.2. The molecule has 1 heterocycles. The SMILES string of the molecule is O=C(O)/C=C/c1cncc(Oc2cc(F)ccc2F)c1. The van der Waals surface area contributed by atoms with E-state index in [0.29, 0.717) is 5.56 Å². The number of aliphatic carboxylic acids is 1. The lowest BCUT2D eigenvalue weighted by Gasteiger charge is -2.06. The first-order valence-electron chi connectivity index (χ1n) is 5.53. The van der Waals surface area contributed by atoms with Crippen molar-refractivity contribution >= 4 is 12.0 Å². The first kappa shape index (κ1) is 13.7. The summed E-state index contributed by atoms with van der Waals surface area (Å²) in [6.45, 7) is 0. The van der Waals surface area contributed by atoms with Gasteiger partial charge in [0.05, 0.1) is 6.20 Å². The van der Waals surface area contributed by atoms with Crippen LogP contribution in [0.2, 0.25) is 0 Å². The number of rotatable bonds is 4. The number of carboxylic acid groups (broad SMARTS) is 1. The highest BCUT2D eigenvalue weighted by Crippen LogP contribution is 2.25. The van der Waals surface area contributed by atoms with E-state index in [9.17, 15) is 13.6 Å². The van der Waals surface area contributed by atoms with Gasteiger partial charge in [0.2, 0.25) is 0 Å². The Labute approximate surface area is 113 Å². The second kappa shape index (κ2) is 5.92. The second-order valence-electron chi connectivity index (χ2n) is 3.80.